The van der Waals surface area contributed by atoms with E-state index < -0.39 is 143 Å². The van der Waals surface area contributed by atoms with E-state index in [4.69, 9.17) is 37.9 Å². The maximum atomic E-state index is 14.0. The number of piperidine rings is 1. The molecule has 0 spiro atoms. The van der Waals surface area contributed by atoms with Crippen molar-refractivity contribution < 1.29 is 92.2 Å². The van der Waals surface area contributed by atoms with Gasteiger partial charge in [0.05, 0.1) is 48.7 Å². The summed E-state index contributed by atoms with van der Waals surface area (Å²) in [6, 6.07) is -5.06. The van der Waals surface area contributed by atoms with Crippen LogP contribution in [0.1, 0.15) is 129 Å². The molecular weight excluding hydrogens is 1040 g/mol. The van der Waals surface area contributed by atoms with Crippen LogP contribution in [0.15, 0.2) is 24.2 Å². The molecule has 12 atom stereocenters. The van der Waals surface area contributed by atoms with Crippen LogP contribution in [0.3, 0.4) is 0 Å². The van der Waals surface area contributed by atoms with Crippen LogP contribution in [0, 0.1) is 5.92 Å². The second kappa shape index (κ2) is 26.6. The van der Waals surface area contributed by atoms with Crippen molar-refractivity contribution in [3.05, 3.63) is 24.2 Å². The van der Waals surface area contributed by atoms with E-state index in [9.17, 15) is 54.3 Å². The standard InChI is InChI=1S/C53H91N7O19/c1-29(2)73-44(66)57-31-18-17-30(26-54-27-53(71)20-23-60(24-21-53)47(69)79-51(12,13)14)74-38(31)35-32(58-45(67)77-49(6,7)8)25-33(56-41(64)34(61)19-22-55-43(65)76-48(3,4)5)39(36(35)62)75-42-37(63)40(52(15,70)28-72-42)59(16)46(68)78-50(9,10)11/h17,31-40,42,54,61-63,70-71H,1,18-28H2,2-16H3,(H,55,65)(H,56,64)(H,57,66)(H,58,67)/t31-,32+,33-,34+,35-,36+,37-,38?,39+,40-,42-,52+/m1/s1. The number of likely N-dealkylation sites (N-methyl/N-ethyl adjacent to an activating group) is 1. The Morgan fingerprint density at radius 2 is 1.38 bits per heavy atom. The number of hydrogen-bond acceptors (Lipinski definition) is 20. The minimum absolute atomic E-state index is 0.0123. The summed E-state index contributed by atoms with van der Waals surface area (Å²) in [6.45, 7) is 26.4. The minimum Gasteiger partial charge on any atom is -0.491 e. The summed E-state index contributed by atoms with van der Waals surface area (Å²) in [4.78, 5) is 82.3. The molecule has 1 saturated carbocycles. The van der Waals surface area contributed by atoms with E-state index in [-0.39, 0.29) is 70.6 Å². The van der Waals surface area contributed by atoms with Gasteiger partial charge >= 0.3 is 30.5 Å². The molecule has 4 rings (SSSR count). The molecule has 10 N–H and O–H groups in total. The Kier molecular flexibility index (Phi) is 22.3. The topological polar surface area (TPSA) is 344 Å². The highest BCUT2D eigenvalue weighted by Crippen LogP contribution is 2.39. The Balaban J connectivity index is 1.75. The zero-order valence-electron chi connectivity index (χ0n) is 48.8. The average molecular weight is 1130 g/mol. The number of aliphatic hydroxyl groups excluding tert-OH is 3. The number of ether oxygens (including phenoxy) is 8. The highest BCUT2D eigenvalue weighted by molar-refractivity contribution is 5.81. The van der Waals surface area contributed by atoms with E-state index >= 15 is 0 Å². The third-order valence-corrected chi connectivity index (χ3v) is 13.0. The van der Waals surface area contributed by atoms with Gasteiger partial charge < -0.3 is 99.8 Å². The van der Waals surface area contributed by atoms with Crippen molar-refractivity contribution in [2.45, 2.75) is 224 Å². The normalized spacial score (nSPS) is 28.8. The lowest BCUT2D eigenvalue weighted by Gasteiger charge is -2.52. The quantitative estimate of drug-likeness (QED) is 0.0784. The molecule has 26 nitrogen and oxygen atoms in total. The first-order chi connectivity index (χ1) is 36.2. The zero-order chi connectivity index (χ0) is 59.8. The van der Waals surface area contributed by atoms with Crippen LogP contribution in [0.5, 0.6) is 0 Å². The van der Waals surface area contributed by atoms with E-state index in [0.717, 1.165) is 4.90 Å². The first-order valence-electron chi connectivity index (χ1n) is 26.8. The SMILES string of the molecule is C=C(C)OC(=O)N[C@@H]1CC=C(CNCC2(O)CCN(C(=O)OC(C)(C)C)CC2)OC1[C@H]1[C@H](O)[C@@H](O[C@H]2OC[C@](C)(O)[C@H](N(C)C(=O)OC(C)(C)C)[C@H]2O)[C@H](NC(=O)[C@@H](O)CCNC(=O)OC(C)(C)C)C[C@@H]1NC(=O)OC(C)(C)C. The van der Waals surface area contributed by atoms with Gasteiger partial charge in [0.15, 0.2) is 6.29 Å². The average Bonchev–Trinajstić information content (AvgIpc) is 3.27. The molecule has 1 unspecified atom stereocenters. The molecule has 3 heterocycles. The summed E-state index contributed by atoms with van der Waals surface area (Å²) < 4.78 is 46.4. The monoisotopic (exact) mass is 1130 g/mol. The molecule has 26 heteroatoms. The maximum absolute atomic E-state index is 14.0. The van der Waals surface area contributed by atoms with Crippen LogP contribution in [0.25, 0.3) is 0 Å². The molecule has 79 heavy (non-hydrogen) atoms. The molecule has 0 bridgehead atoms. The highest BCUT2D eigenvalue weighted by atomic mass is 16.7. The summed E-state index contributed by atoms with van der Waals surface area (Å²) in [7, 11) is 1.31. The third-order valence-electron chi connectivity index (χ3n) is 13.0. The first kappa shape index (κ1) is 66.3. The molecule has 1 aliphatic carbocycles. The Hall–Kier alpha value is -5.22. The molecule has 0 radical (unpaired) electrons. The lowest BCUT2D eigenvalue weighted by Crippen LogP contribution is -2.71. The van der Waals surface area contributed by atoms with Crippen molar-refractivity contribution in [2.24, 2.45) is 5.92 Å². The van der Waals surface area contributed by atoms with E-state index in [1.807, 2.05) is 0 Å². The summed E-state index contributed by atoms with van der Waals surface area (Å²) >= 11 is 0. The number of nitrogens with one attached hydrogen (secondary N) is 5. The fourth-order valence-electron chi connectivity index (χ4n) is 9.63. The van der Waals surface area contributed by atoms with Crippen LogP contribution >= 0.6 is 0 Å². The number of alkyl carbamates (subject to hydrolysis) is 3. The zero-order valence-corrected chi connectivity index (χ0v) is 48.8. The summed E-state index contributed by atoms with van der Waals surface area (Å²) in [6.07, 6.45) is -12.6. The van der Waals surface area contributed by atoms with Crippen LogP contribution in [-0.4, -0.2) is 213 Å². The molecule has 2 saturated heterocycles. The predicted octanol–water partition coefficient (Wildman–Crippen LogP) is 2.76. The van der Waals surface area contributed by atoms with Gasteiger partial charge in [0.2, 0.25) is 5.91 Å². The molecule has 452 valence electrons. The number of aliphatic hydroxyl groups is 5. The highest BCUT2D eigenvalue weighted by Gasteiger charge is 2.57. The Labute approximate surface area is 463 Å². The molecule has 6 amide bonds. The number of amides is 6. The molecular formula is C53H91N7O19. The Bertz CT molecular complexity index is 2160. The molecule has 0 aromatic heterocycles. The molecule has 0 aromatic carbocycles. The fourth-order valence-corrected chi connectivity index (χ4v) is 9.63. The van der Waals surface area contributed by atoms with Gasteiger partial charge in [-0.15, -0.1) is 0 Å². The predicted molar refractivity (Wildman–Crippen MR) is 284 cm³/mol. The van der Waals surface area contributed by atoms with Crippen LogP contribution in [0.4, 0.5) is 24.0 Å². The van der Waals surface area contributed by atoms with Gasteiger partial charge in [0, 0.05) is 45.2 Å². The number of likely N-dealkylation sites (tertiary alicyclic amines) is 1. The largest absolute Gasteiger partial charge is 0.491 e. The summed E-state index contributed by atoms with van der Waals surface area (Å²) in [5, 5.41) is 73.4. The number of carbonyl (C=O) groups excluding carboxylic acids is 6. The lowest BCUT2D eigenvalue weighted by molar-refractivity contribution is -0.305. The van der Waals surface area contributed by atoms with Crippen LogP contribution in [0.2, 0.25) is 0 Å². The van der Waals surface area contributed by atoms with Gasteiger partial charge in [-0.05, 0) is 135 Å². The first-order valence-corrected chi connectivity index (χ1v) is 26.8. The van der Waals surface area contributed by atoms with Crippen molar-refractivity contribution >= 4 is 36.4 Å². The van der Waals surface area contributed by atoms with Gasteiger partial charge in [-0.25, -0.2) is 24.0 Å². The van der Waals surface area contributed by atoms with Gasteiger partial charge in [0.25, 0.3) is 0 Å². The second-order valence-electron chi connectivity index (χ2n) is 25.2. The van der Waals surface area contributed by atoms with Gasteiger partial charge in [-0.3, -0.25) is 4.79 Å². The Morgan fingerprint density at radius 3 is 1.95 bits per heavy atom. The minimum atomic E-state index is -1.90. The van der Waals surface area contributed by atoms with Crippen molar-refractivity contribution in [3.8, 4) is 0 Å². The van der Waals surface area contributed by atoms with E-state index in [2.05, 4.69) is 33.2 Å². The number of allylic oxidation sites excluding steroid dienone is 1. The van der Waals surface area contributed by atoms with E-state index in [1.54, 1.807) is 89.2 Å². The van der Waals surface area contributed by atoms with Gasteiger partial charge in [-0.2, -0.15) is 0 Å². The van der Waals surface area contributed by atoms with Crippen molar-refractivity contribution in [2.75, 3.05) is 46.4 Å². The van der Waals surface area contributed by atoms with Gasteiger partial charge in [0.1, 0.15) is 58.2 Å². The second-order valence-corrected chi connectivity index (χ2v) is 25.2. The number of nitrogens with zero attached hydrogens (tertiary/aromatic N) is 2. The number of carbonyl (C=O) groups is 6. The van der Waals surface area contributed by atoms with Crippen LogP contribution in [-0.2, 0) is 42.7 Å². The van der Waals surface area contributed by atoms with E-state index in [1.165, 1.54) is 25.8 Å². The lowest BCUT2D eigenvalue weighted by atomic mass is 9.72. The maximum Gasteiger partial charge on any atom is 0.412 e. The number of rotatable bonds is 16. The number of hydrogen-bond donors (Lipinski definition) is 10. The van der Waals surface area contributed by atoms with Gasteiger partial charge in [-0.1, -0.05) is 6.58 Å². The van der Waals surface area contributed by atoms with Crippen LogP contribution < -0.4 is 26.6 Å². The van der Waals surface area contributed by atoms with E-state index in [0.29, 0.717) is 5.76 Å². The van der Waals surface area contributed by atoms with Crippen molar-refractivity contribution in [1.82, 2.24) is 36.4 Å². The van der Waals surface area contributed by atoms with Crippen molar-refractivity contribution in [1.29, 1.82) is 0 Å². The smallest absolute Gasteiger partial charge is 0.412 e. The Morgan fingerprint density at radius 1 is 0.810 bits per heavy atom. The molecule has 0 aromatic rings. The fraction of sp³-hybridized carbons (Fsp3) is 0.811. The molecule has 3 fully saturated rings. The third kappa shape index (κ3) is 20.7. The van der Waals surface area contributed by atoms with Crippen molar-refractivity contribution in [3.63, 3.8) is 0 Å². The summed E-state index contributed by atoms with van der Waals surface area (Å²) in [5.74, 6) is -1.96. The molecule has 4 aliphatic rings. The molecule has 3 aliphatic heterocycles. The summed E-state index contributed by atoms with van der Waals surface area (Å²) in [5.41, 5.74) is -6.65.